The first-order valence-corrected chi connectivity index (χ1v) is 11.2. The van der Waals surface area contributed by atoms with Gasteiger partial charge in [-0.05, 0) is 37.3 Å². The number of anilines is 2. The van der Waals surface area contributed by atoms with Crippen LogP contribution in [0.15, 0.2) is 41.0 Å². The summed E-state index contributed by atoms with van der Waals surface area (Å²) >= 11 is 0. The number of benzene rings is 1. The molecular weight excluding hydrogens is 453 g/mol. The van der Waals surface area contributed by atoms with Crippen molar-refractivity contribution in [3.05, 3.63) is 47.9 Å². The van der Waals surface area contributed by atoms with Gasteiger partial charge in [0.25, 0.3) is 5.91 Å². The third-order valence-corrected chi connectivity index (χ3v) is 6.19. The lowest BCUT2D eigenvalue weighted by Crippen LogP contribution is -2.54. The summed E-state index contributed by atoms with van der Waals surface area (Å²) in [6.07, 6.45) is -3.08. The highest BCUT2D eigenvalue weighted by Gasteiger charge is 2.33. The number of carbonyl (C=O) groups excluding carboxylic acids is 2. The van der Waals surface area contributed by atoms with Gasteiger partial charge in [-0.15, -0.1) is 0 Å². The van der Waals surface area contributed by atoms with Gasteiger partial charge < -0.3 is 24.3 Å². The van der Waals surface area contributed by atoms with E-state index >= 15 is 0 Å². The second-order valence-corrected chi connectivity index (χ2v) is 8.30. The van der Waals surface area contributed by atoms with E-state index in [4.69, 9.17) is 9.15 Å². The second kappa shape index (κ2) is 10.1. The van der Waals surface area contributed by atoms with Crippen molar-refractivity contribution in [2.75, 3.05) is 62.7 Å². The fraction of sp³-hybridized carbons (Fsp3) is 0.478. The Kier molecular flexibility index (Phi) is 7.13. The van der Waals surface area contributed by atoms with Crippen LogP contribution in [-0.4, -0.2) is 80.1 Å². The zero-order valence-corrected chi connectivity index (χ0v) is 18.8. The maximum absolute atomic E-state index is 13.3. The number of nitrogens with one attached hydrogen (secondary N) is 1. The predicted octanol–water partition coefficient (Wildman–Crippen LogP) is 2.92. The van der Waals surface area contributed by atoms with E-state index in [0.29, 0.717) is 58.2 Å². The summed E-state index contributed by atoms with van der Waals surface area (Å²) < 4.78 is 50.5. The van der Waals surface area contributed by atoms with E-state index in [2.05, 4.69) is 5.32 Å². The number of amides is 2. The van der Waals surface area contributed by atoms with Gasteiger partial charge in [0.1, 0.15) is 0 Å². The van der Waals surface area contributed by atoms with E-state index in [1.807, 2.05) is 9.80 Å². The van der Waals surface area contributed by atoms with Crippen molar-refractivity contribution in [3.63, 3.8) is 0 Å². The SMILES string of the molecule is CC(C(=O)Nc1cc(C(F)(F)F)ccc1N1CCOCC1)N1CCN(C(=O)c2ccco2)CC1. The van der Waals surface area contributed by atoms with E-state index in [1.54, 1.807) is 24.0 Å². The number of morpholine rings is 1. The number of ether oxygens (including phenoxy) is 1. The molecule has 184 valence electrons. The monoisotopic (exact) mass is 480 g/mol. The van der Waals surface area contributed by atoms with Crippen molar-refractivity contribution in [2.45, 2.75) is 19.1 Å². The summed E-state index contributed by atoms with van der Waals surface area (Å²) in [5.41, 5.74) is -0.163. The molecule has 0 spiro atoms. The van der Waals surface area contributed by atoms with Gasteiger partial charge >= 0.3 is 6.18 Å². The van der Waals surface area contributed by atoms with Gasteiger partial charge in [-0.1, -0.05) is 0 Å². The lowest BCUT2D eigenvalue weighted by Gasteiger charge is -2.37. The van der Waals surface area contributed by atoms with Crippen LogP contribution >= 0.6 is 0 Å². The highest BCUT2D eigenvalue weighted by Crippen LogP contribution is 2.36. The molecule has 1 aromatic heterocycles. The highest BCUT2D eigenvalue weighted by molar-refractivity contribution is 5.98. The second-order valence-electron chi connectivity index (χ2n) is 8.30. The van der Waals surface area contributed by atoms with Gasteiger partial charge in [-0.25, -0.2) is 0 Å². The Balaban J connectivity index is 1.43. The molecule has 11 heteroatoms. The molecule has 8 nitrogen and oxygen atoms in total. The minimum Gasteiger partial charge on any atom is -0.459 e. The van der Waals surface area contributed by atoms with E-state index in [0.717, 1.165) is 12.1 Å². The number of piperazine rings is 1. The molecule has 3 heterocycles. The van der Waals surface area contributed by atoms with Gasteiger partial charge in [0.2, 0.25) is 5.91 Å². The molecule has 1 unspecified atom stereocenters. The van der Waals surface area contributed by atoms with E-state index in [-0.39, 0.29) is 17.4 Å². The number of carbonyl (C=O) groups is 2. The third-order valence-electron chi connectivity index (χ3n) is 6.19. The Labute approximate surface area is 195 Å². The summed E-state index contributed by atoms with van der Waals surface area (Å²) in [6.45, 7) is 5.43. The number of hydrogen-bond donors (Lipinski definition) is 1. The summed E-state index contributed by atoms with van der Waals surface area (Å²) in [7, 11) is 0. The average Bonchev–Trinajstić information content (AvgIpc) is 3.38. The fourth-order valence-electron chi connectivity index (χ4n) is 4.16. The van der Waals surface area contributed by atoms with Crippen LogP contribution in [0, 0.1) is 0 Å². The molecule has 0 aliphatic carbocycles. The zero-order valence-electron chi connectivity index (χ0n) is 18.8. The Hall–Kier alpha value is -3.05. The Bertz CT molecular complexity index is 998. The summed E-state index contributed by atoms with van der Waals surface area (Å²) in [4.78, 5) is 30.9. The maximum Gasteiger partial charge on any atom is 0.416 e. The van der Waals surface area contributed by atoms with Crippen LogP contribution in [0.1, 0.15) is 23.0 Å². The minimum absolute atomic E-state index is 0.125. The largest absolute Gasteiger partial charge is 0.459 e. The molecule has 2 amide bonds. The number of rotatable bonds is 5. The number of nitrogens with zero attached hydrogens (tertiary/aromatic N) is 3. The van der Waals surface area contributed by atoms with Gasteiger partial charge in [0, 0.05) is 39.3 Å². The lowest BCUT2D eigenvalue weighted by atomic mass is 10.1. The maximum atomic E-state index is 13.3. The topological polar surface area (TPSA) is 78.3 Å². The third kappa shape index (κ3) is 5.36. The Morgan fingerprint density at radius 2 is 1.74 bits per heavy atom. The molecule has 2 saturated heterocycles. The number of alkyl halides is 3. The van der Waals surface area contributed by atoms with Crippen molar-refractivity contribution in [3.8, 4) is 0 Å². The van der Waals surface area contributed by atoms with E-state index in [1.165, 1.54) is 12.3 Å². The number of halogens is 3. The fourth-order valence-corrected chi connectivity index (χ4v) is 4.16. The molecule has 2 aliphatic rings. The van der Waals surface area contributed by atoms with Gasteiger partial charge in [-0.3, -0.25) is 14.5 Å². The van der Waals surface area contributed by atoms with Crippen LogP contribution < -0.4 is 10.2 Å². The molecule has 1 aromatic carbocycles. The summed E-state index contributed by atoms with van der Waals surface area (Å²) in [5, 5.41) is 2.72. The van der Waals surface area contributed by atoms with Crippen molar-refractivity contribution in [1.82, 2.24) is 9.80 Å². The first-order chi connectivity index (χ1) is 16.2. The average molecular weight is 480 g/mol. The van der Waals surface area contributed by atoms with Crippen molar-refractivity contribution in [1.29, 1.82) is 0 Å². The minimum atomic E-state index is -4.52. The van der Waals surface area contributed by atoms with E-state index in [9.17, 15) is 22.8 Å². The van der Waals surface area contributed by atoms with Crippen LogP contribution in [-0.2, 0) is 15.7 Å². The molecule has 2 aromatic rings. The van der Waals surface area contributed by atoms with Crippen LogP contribution in [0.25, 0.3) is 0 Å². The summed E-state index contributed by atoms with van der Waals surface area (Å²) in [6, 6.07) is 6.07. The zero-order chi connectivity index (χ0) is 24.3. The number of furan rings is 1. The van der Waals surface area contributed by atoms with E-state index < -0.39 is 23.7 Å². The molecule has 1 N–H and O–H groups in total. The molecule has 2 aliphatic heterocycles. The summed E-state index contributed by atoms with van der Waals surface area (Å²) in [5.74, 6) is -0.347. The number of hydrogen-bond acceptors (Lipinski definition) is 6. The standard InChI is InChI=1S/C23H27F3N4O4/c1-16(28-6-8-30(9-7-28)22(32)20-3-2-12-34-20)21(31)27-18-15-17(23(24,25)26)4-5-19(18)29-10-13-33-14-11-29/h2-5,12,15-16H,6-11,13-14H2,1H3,(H,27,31). The smallest absolute Gasteiger partial charge is 0.416 e. The van der Waals surface area contributed by atoms with Gasteiger partial charge in [0.15, 0.2) is 5.76 Å². The predicted molar refractivity (Wildman–Crippen MR) is 119 cm³/mol. The molecule has 4 rings (SSSR count). The Morgan fingerprint density at radius 1 is 1.03 bits per heavy atom. The van der Waals surface area contributed by atoms with Crippen molar-refractivity contribution < 1.29 is 31.9 Å². The highest BCUT2D eigenvalue weighted by atomic mass is 19.4. The Morgan fingerprint density at radius 3 is 2.35 bits per heavy atom. The molecule has 0 bridgehead atoms. The molecule has 0 saturated carbocycles. The molecule has 1 atom stereocenters. The molecule has 0 radical (unpaired) electrons. The molecular formula is C23H27F3N4O4. The molecule has 34 heavy (non-hydrogen) atoms. The van der Waals surface area contributed by atoms with Gasteiger partial charge in [-0.2, -0.15) is 13.2 Å². The lowest BCUT2D eigenvalue weighted by molar-refractivity contribution is -0.137. The van der Waals surface area contributed by atoms with Crippen LogP contribution in [0.4, 0.5) is 24.5 Å². The van der Waals surface area contributed by atoms with Crippen LogP contribution in [0.3, 0.4) is 0 Å². The quantitative estimate of drug-likeness (QED) is 0.709. The molecule has 2 fully saturated rings. The van der Waals surface area contributed by atoms with Crippen LogP contribution in [0.5, 0.6) is 0 Å². The van der Waals surface area contributed by atoms with Crippen molar-refractivity contribution >= 4 is 23.2 Å². The normalized spacial score (nSPS) is 18.6. The first kappa shape index (κ1) is 24.1. The van der Waals surface area contributed by atoms with Crippen LogP contribution in [0.2, 0.25) is 0 Å². The van der Waals surface area contributed by atoms with Gasteiger partial charge in [0.05, 0.1) is 42.5 Å². The van der Waals surface area contributed by atoms with Crippen molar-refractivity contribution in [2.24, 2.45) is 0 Å². The first-order valence-electron chi connectivity index (χ1n) is 11.2.